The molecule has 2 heterocycles. The lowest BCUT2D eigenvalue weighted by Gasteiger charge is -2.21. The number of hydrogen-bond acceptors (Lipinski definition) is 6. The van der Waals surface area contributed by atoms with Gasteiger partial charge in [-0.25, -0.2) is 14.2 Å². The highest BCUT2D eigenvalue weighted by Crippen LogP contribution is 2.25. The summed E-state index contributed by atoms with van der Waals surface area (Å²) < 4.78 is 16.1. The van der Waals surface area contributed by atoms with Crippen molar-refractivity contribution in [2.75, 3.05) is 20.3 Å². The van der Waals surface area contributed by atoms with Gasteiger partial charge in [0.1, 0.15) is 11.3 Å². The molecule has 0 radical (unpaired) electrons. The molecule has 1 aromatic heterocycles. The Bertz CT molecular complexity index is 1030. The fraction of sp³-hybridized carbons (Fsp3) is 0.381. The monoisotopic (exact) mass is 385 g/mol. The molecule has 0 unspecified atom stereocenters. The summed E-state index contributed by atoms with van der Waals surface area (Å²) in [5, 5.41) is 0.866. The smallest absolute Gasteiger partial charge is 0.422 e. The number of ether oxygens (including phenoxy) is 3. The zero-order valence-electron chi connectivity index (χ0n) is 16.4. The van der Waals surface area contributed by atoms with Crippen LogP contribution in [0.15, 0.2) is 35.1 Å². The van der Waals surface area contributed by atoms with Gasteiger partial charge in [-0.1, -0.05) is 18.2 Å². The van der Waals surface area contributed by atoms with Crippen molar-refractivity contribution in [2.24, 2.45) is 0 Å². The van der Waals surface area contributed by atoms with Crippen molar-refractivity contribution in [3.8, 4) is 0 Å². The van der Waals surface area contributed by atoms with E-state index < -0.39 is 23.2 Å². The number of methoxy groups -OCH3 is 1. The van der Waals surface area contributed by atoms with Crippen LogP contribution in [0.3, 0.4) is 0 Å². The zero-order valence-corrected chi connectivity index (χ0v) is 16.4. The molecule has 0 saturated heterocycles. The number of carbonyl (C=O) groups is 2. The largest absolute Gasteiger partial charge is 0.464 e. The van der Waals surface area contributed by atoms with E-state index >= 15 is 0 Å². The standard InChI is InChI=1S/C21H23NO6/c1-21(2,3)28-20(25)22-17(19(24)26-4)12-15-6-5-14(11-16(15)18(22)23)13-7-9-27-10-8-13/h5-7,11-12H,8-10H2,1-4H3. The molecule has 0 aliphatic carbocycles. The first-order valence-electron chi connectivity index (χ1n) is 9.00. The first kappa shape index (κ1) is 19.8. The summed E-state index contributed by atoms with van der Waals surface area (Å²) in [5.74, 6) is -0.791. The van der Waals surface area contributed by atoms with Crippen molar-refractivity contribution < 1.29 is 23.8 Å². The average Bonchev–Trinajstić information content (AvgIpc) is 2.66. The van der Waals surface area contributed by atoms with Crippen molar-refractivity contribution in [1.29, 1.82) is 0 Å². The lowest BCUT2D eigenvalue weighted by atomic mass is 9.98. The first-order valence-corrected chi connectivity index (χ1v) is 9.00. The number of hydrogen-bond donors (Lipinski definition) is 0. The fourth-order valence-corrected chi connectivity index (χ4v) is 3.04. The topological polar surface area (TPSA) is 83.8 Å². The zero-order chi connectivity index (χ0) is 20.5. The maximum absolute atomic E-state index is 13.1. The molecule has 0 spiro atoms. The van der Waals surface area contributed by atoms with E-state index in [1.165, 1.54) is 13.2 Å². The molecule has 0 atom stereocenters. The van der Waals surface area contributed by atoms with E-state index in [0.717, 1.165) is 22.1 Å². The number of nitrogens with zero attached hydrogens (tertiary/aromatic N) is 1. The molecule has 7 nitrogen and oxygen atoms in total. The SMILES string of the molecule is COC(=O)c1cc2ccc(C3=CCOCC3)cc2c(=O)n1C(=O)OC(C)(C)C. The molecule has 0 fully saturated rings. The van der Waals surface area contributed by atoms with Gasteiger partial charge in [-0.3, -0.25) is 4.79 Å². The molecular formula is C21H23NO6. The summed E-state index contributed by atoms with van der Waals surface area (Å²) in [6.07, 6.45) is 1.79. The number of esters is 1. The van der Waals surface area contributed by atoms with Crippen molar-refractivity contribution in [1.82, 2.24) is 4.57 Å². The summed E-state index contributed by atoms with van der Waals surface area (Å²) in [5.41, 5.74) is 0.338. The van der Waals surface area contributed by atoms with E-state index in [1.54, 1.807) is 32.9 Å². The van der Waals surface area contributed by atoms with E-state index in [4.69, 9.17) is 14.2 Å². The molecule has 7 heteroatoms. The lowest BCUT2D eigenvalue weighted by Crippen LogP contribution is -2.37. The lowest BCUT2D eigenvalue weighted by molar-refractivity contribution is 0.0476. The summed E-state index contributed by atoms with van der Waals surface area (Å²) >= 11 is 0. The Balaban J connectivity index is 2.21. The number of carbonyl (C=O) groups excluding carboxylic acids is 2. The molecule has 0 bridgehead atoms. The molecule has 148 valence electrons. The van der Waals surface area contributed by atoms with Crippen LogP contribution in [-0.4, -0.2) is 42.6 Å². The Hall–Kier alpha value is -2.93. The third-order valence-corrected chi connectivity index (χ3v) is 4.32. The van der Waals surface area contributed by atoms with Gasteiger partial charge in [0.25, 0.3) is 5.56 Å². The molecule has 0 saturated carbocycles. The minimum absolute atomic E-state index is 0.174. The van der Waals surface area contributed by atoms with E-state index in [0.29, 0.717) is 24.0 Å². The number of fused-ring (bicyclic) bond motifs is 1. The van der Waals surface area contributed by atoms with Crippen LogP contribution in [0.4, 0.5) is 4.79 Å². The molecule has 3 rings (SSSR count). The van der Waals surface area contributed by atoms with Crippen LogP contribution in [0.1, 0.15) is 43.2 Å². The summed E-state index contributed by atoms with van der Waals surface area (Å²) in [4.78, 5) is 38.0. The van der Waals surface area contributed by atoms with E-state index in [-0.39, 0.29) is 5.69 Å². The highest BCUT2D eigenvalue weighted by Gasteiger charge is 2.26. The number of pyridine rings is 1. The summed E-state index contributed by atoms with van der Waals surface area (Å²) in [7, 11) is 1.19. The van der Waals surface area contributed by atoms with Crippen molar-refractivity contribution in [2.45, 2.75) is 32.8 Å². The minimum Gasteiger partial charge on any atom is -0.464 e. The van der Waals surface area contributed by atoms with Crippen LogP contribution in [0, 0.1) is 0 Å². The average molecular weight is 385 g/mol. The number of benzene rings is 1. The van der Waals surface area contributed by atoms with Crippen molar-refractivity contribution in [3.05, 3.63) is 52.0 Å². The van der Waals surface area contributed by atoms with Gasteiger partial charge in [-0.2, -0.15) is 0 Å². The van der Waals surface area contributed by atoms with Gasteiger partial charge in [-0.05, 0) is 55.8 Å². The van der Waals surface area contributed by atoms with Crippen molar-refractivity contribution in [3.63, 3.8) is 0 Å². The Morgan fingerprint density at radius 3 is 2.54 bits per heavy atom. The number of aromatic nitrogens is 1. The minimum atomic E-state index is -0.921. The first-order chi connectivity index (χ1) is 13.2. The quantitative estimate of drug-likeness (QED) is 0.737. The molecule has 1 aliphatic rings. The van der Waals surface area contributed by atoms with Gasteiger partial charge in [0.2, 0.25) is 0 Å². The van der Waals surface area contributed by atoms with Gasteiger partial charge in [0, 0.05) is 5.39 Å². The second-order valence-electron chi connectivity index (χ2n) is 7.50. The molecule has 2 aromatic rings. The third-order valence-electron chi connectivity index (χ3n) is 4.32. The Labute approximate surface area is 162 Å². The van der Waals surface area contributed by atoms with Crippen molar-refractivity contribution >= 4 is 28.4 Å². The maximum atomic E-state index is 13.1. The van der Waals surface area contributed by atoms with Gasteiger partial charge in [0.15, 0.2) is 0 Å². The Kier molecular flexibility index (Phi) is 5.38. The second kappa shape index (κ2) is 7.59. The van der Waals surface area contributed by atoms with E-state index in [2.05, 4.69) is 0 Å². The number of rotatable bonds is 2. The van der Waals surface area contributed by atoms with Crippen LogP contribution in [0.2, 0.25) is 0 Å². The highest BCUT2D eigenvalue weighted by atomic mass is 16.6. The second-order valence-corrected chi connectivity index (χ2v) is 7.50. The molecule has 1 aromatic carbocycles. The van der Waals surface area contributed by atoms with E-state index in [1.807, 2.05) is 12.1 Å². The molecular weight excluding hydrogens is 362 g/mol. The van der Waals surface area contributed by atoms with Gasteiger partial charge in [0.05, 0.1) is 20.3 Å². The Morgan fingerprint density at radius 1 is 1.18 bits per heavy atom. The predicted octanol–water partition coefficient (Wildman–Crippen LogP) is 3.38. The third kappa shape index (κ3) is 3.99. The van der Waals surface area contributed by atoms with Gasteiger partial charge >= 0.3 is 12.1 Å². The van der Waals surface area contributed by atoms with Crippen LogP contribution >= 0.6 is 0 Å². The van der Waals surface area contributed by atoms with Gasteiger partial charge in [-0.15, -0.1) is 0 Å². The molecule has 0 amide bonds. The summed E-state index contributed by atoms with van der Waals surface area (Å²) in [6.45, 7) is 6.20. The van der Waals surface area contributed by atoms with Crippen LogP contribution in [0.25, 0.3) is 16.3 Å². The Morgan fingerprint density at radius 2 is 1.93 bits per heavy atom. The maximum Gasteiger partial charge on any atom is 0.422 e. The fourth-order valence-electron chi connectivity index (χ4n) is 3.04. The van der Waals surface area contributed by atoms with Crippen LogP contribution < -0.4 is 5.56 Å². The van der Waals surface area contributed by atoms with Gasteiger partial charge < -0.3 is 14.2 Å². The molecule has 28 heavy (non-hydrogen) atoms. The van der Waals surface area contributed by atoms with Crippen LogP contribution in [0.5, 0.6) is 0 Å². The predicted molar refractivity (Wildman–Crippen MR) is 105 cm³/mol. The van der Waals surface area contributed by atoms with Crippen LogP contribution in [-0.2, 0) is 14.2 Å². The van der Waals surface area contributed by atoms with E-state index in [9.17, 15) is 14.4 Å². The normalized spacial score (nSPS) is 14.5. The summed E-state index contributed by atoms with van der Waals surface area (Å²) in [6, 6.07) is 6.84. The molecule has 1 aliphatic heterocycles. The molecule has 0 N–H and O–H groups in total. The highest BCUT2D eigenvalue weighted by molar-refractivity contribution is 5.97.